The van der Waals surface area contributed by atoms with E-state index in [1.54, 1.807) is 24.3 Å². The van der Waals surface area contributed by atoms with Crippen LogP contribution in [0.25, 0.3) is 0 Å². The highest BCUT2D eigenvalue weighted by Crippen LogP contribution is 2.09. The normalized spacial score (nSPS) is 11.8. The van der Waals surface area contributed by atoms with Gasteiger partial charge < -0.3 is 10.1 Å². The Labute approximate surface area is 87.1 Å². The number of hydrogen-bond donors (Lipinski definition) is 1. The predicted molar refractivity (Wildman–Crippen MR) is 54.1 cm³/mol. The molecule has 74 valence electrons. The fourth-order valence-corrected chi connectivity index (χ4v) is 1.15. The molecule has 0 bridgehead atoms. The predicted octanol–water partition coefficient (Wildman–Crippen LogP) is 1.28. The molecule has 1 unspecified atom stereocenters. The molecule has 0 aliphatic heterocycles. The van der Waals surface area contributed by atoms with Gasteiger partial charge in [0.2, 0.25) is 5.91 Å². The summed E-state index contributed by atoms with van der Waals surface area (Å²) < 4.78 is 0. The van der Waals surface area contributed by atoms with E-state index < -0.39 is 6.04 Å². The van der Waals surface area contributed by atoms with E-state index in [0.29, 0.717) is 6.29 Å². The Balaban J connectivity index is 2.73. The molecule has 3 nitrogen and oxygen atoms in total. The summed E-state index contributed by atoms with van der Waals surface area (Å²) in [6.07, 6.45) is 0.680. The Hall–Kier alpha value is -1.35. The van der Waals surface area contributed by atoms with Gasteiger partial charge in [0.05, 0.1) is 0 Å². The average molecular weight is 212 g/mol. The van der Waals surface area contributed by atoms with Crippen molar-refractivity contribution in [1.29, 1.82) is 0 Å². The number of nitrogens with one attached hydrogen (secondary N) is 1. The first-order valence-corrected chi connectivity index (χ1v) is 4.67. The Morgan fingerprint density at radius 1 is 1.43 bits per heavy atom. The molecule has 1 N–H and O–H groups in total. The third-order valence-corrected chi connectivity index (χ3v) is 1.98. The molecule has 1 atom stereocenters. The van der Waals surface area contributed by atoms with Crippen LogP contribution in [0.5, 0.6) is 0 Å². The number of carbonyl (C=O) groups excluding carboxylic acids is 2. The van der Waals surface area contributed by atoms with E-state index in [-0.39, 0.29) is 11.8 Å². The number of hydrogen-bond acceptors (Lipinski definition) is 2. The molecule has 1 amide bonds. The van der Waals surface area contributed by atoms with Gasteiger partial charge in [0, 0.05) is 0 Å². The van der Waals surface area contributed by atoms with Gasteiger partial charge >= 0.3 is 0 Å². The highest BCUT2D eigenvalue weighted by atomic mass is 35.5. The van der Waals surface area contributed by atoms with Crippen LogP contribution < -0.4 is 5.32 Å². The molecule has 0 fully saturated rings. The van der Waals surface area contributed by atoms with Crippen molar-refractivity contribution in [1.82, 2.24) is 5.32 Å². The molecule has 1 aromatic carbocycles. The number of aldehydes is 1. The SMILES string of the molecule is O=CC(NC(=O)CCl)c1ccccc1. The average Bonchev–Trinajstić information content (AvgIpc) is 2.26. The van der Waals surface area contributed by atoms with Gasteiger partial charge in [0.15, 0.2) is 0 Å². The molecule has 0 radical (unpaired) electrons. The number of halogens is 1. The minimum atomic E-state index is -0.609. The van der Waals surface area contributed by atoms with Gasteiger partial charge in [0.25, 0.3) is 0 Å². The largest absolute Gasteiger partial charge is 0.341 e. The third-order valence-electron chi connectivity index (χ3n) is 1.73. The fourth-order valence-electron chi connectivity index (χ4n) is 1.07. The van der Waals surface area contributed by atoms with Crippen LogP contribution in [0.3, 0.4) is 0 Å². The van der Waals surface area contributed by atoms with Gasteiger partial charge in [-0.2, -0.15) is 0 Å². The first-order chi connectivity index (χ1) is 6.77. The maximum absolute atomic E-state index is 11.0. The summed E-state index contributed by atoms with van der Waals surface area (Å²) in [5, 5.41) is 2.49. The summed E-state index contributed by atoms with van der Waals surface area (Å²) in [5.74, 6) is -0.496. The molecule has 4 heteroatoms. The summed E-state index contributed by atoms with van der Waals surface area (Å²) in [5.41, 5.74) is 0.751. The van der Waals surface area contributed by atoms with E-state index in [9.17, 15) is 9.59 Å². The van der Waals surface area contributed by atoms with Crippen molar-refractivity contribution >= 4 is 23.8 Å². The fraction of sp³-hybridized carbons (Fsp3) is 0.200. The topological polar surface area (TPSA) is 46.2 Å². The summed E-state index contributed by atoms with van der Waals surface area (Å²) in [6.45, 7) is 0. The first-order valence-electron chi connectivity index (χ1n) is 4.13. The summed E-state index contributed by atoms with van der Waals surface area (Å²) in [6, 6.07) is 8.38. The zero-order valence-electron chi connectivity index (χ0n) is 7.44. The molecule has 0 aromatic heterocycles. The lowest BCUT2D eigenvalue weighted by atomic mass is 10.1. The van der Waals surface area contributed by atoms with Crippen LogP contribution in [0, 0.1) is 0 Å². The molecule has 0 aliphatic rings. The first kappa shape index (κ1) is 10.7. The minimum absolute atomic E-state index is 0.142. The third kappa shape index (κ3) is 2.85. The van der Waals surface area contributed by atoms with E-state index >= 15 is 0 Å². The smallest absolute Gasteiger partial charge is 0.235 e. The second-order valence-corrected chi connectivity index (χ2v) is 2.99. The minimum Gasteiger partial charge on any atom is -0.341 e. The molecule has 0 saturated carbocycles. The van der Waals surface area contributed by atoms with Gasteiger partial charge in [-0.1, -0.05) is 30.3 Å². The maximum Gasteiger partial charge on any atom is 0.235 e. The van der Waals surface area contributed by atoms with Crippen LogP contribution >= 0.6 is 11.6 Å². The van der Waals surface area contributed by atoms with Crippen LogP contribution in [0.15, 0.2) is 30.3 Å². The van der Waals surface area contributed by atoms with Crippen LogP contribution in [0.1, 0.15) is 11.6 Å². The number of alkyl halides is 1. The maximum atomic E-state index is 11.0. The molecule has 0 heterocycles. The van der Waals surface area contributed by atoms with E-state index in [2.05, 4.69) is 5.32 Å². The summed E-state index contributed by atoms with van der Waals surface area (Å²) in [4.78, 5) is 21.7. The quantitative estimate of drug-likeness (QED) is 0.603. The van der Waals surface area contributed by atoms with E-state index in [0.717, 1.165) is 5.56 Å². The molecule has 0 saturated heterocycles. The van der Waals surface area contributed by atoms with Crippen molar-refractivity contribution in [3.05, 3.63) is 35.9 Å². The van der Waals surface area contributed by atoms with Crippen molar-refractivity contribution in [2.24, 2.45) is 0 Å². The molecule has 14 heavy (non-hydrogen) atoms. The van der Waals surface area contributed by atoms with E-state index in [1.807, 2.05) is 6.07 Å². The van der Waals surface area contributed by atoms with Crippen LogP contribution in [0.2, 0.25) is 0 Å². The van der Waals surface area contributed by atoms with Gasteiger partial charge in [-0.25, -0.2) is 0 Å². The van der Waals surface area contributed by atoms with Crippen molar-refractivity contribution in [2.75, 3.05) is 5.88 Å². The Morgan fingerprint density at radius 3 is 2.57 bits per heavy atom. The lowest BCUT2D eigenvalue weighted by Gasteiger charge is -2.11. The van der Waals surface area contributed by atoms with Gasteiger partial charge in [-0.05, 0) is 5.56 Å². The van der Waals surface area contributed by atoms with Crippen molar-refractivity contribution in [3.8, 4) is 0 Å². The molecule has 1 rings (SSSR count). The standard InChI is InChI=1S/C10H10ClNO2/c11-6-10(14)12-9(7-13)8-4-2-1-3-5-8/h1-5,7,9H,6H2,(H,12,14). The van der Waals surface area contributed by atoms with Gasteiger partial charge in [0.1, 0.15) is 18.2 Å². The van der Waals surface area contributed by atoms with Crippen molar-refractivity contribution < 1.29 is 9.59 Å². The molecular formula is C10H10ClNO2. The molecular weight excluding hydrogens is 202 g/mol. The van der Waals surface area contributed by atoms with Crippen LogP contribution in [-0.4, -0.2) is 18.1 Å². The van der Waals surface area contributed by atoms with Crippen LogP contribution in [0.4, 0.5) is 0 Å². The lowest BCUT2D eigenvalue weighted by Crippen LogP contribution is -2.30. The zero-order valence-corrected chi connectivity index (χ0v) is 8.20. The van der Waals surface area contributed by atoms with Gasteiger partial charge in [-0.3, -0.25) is 4.79 Å². The Kier molecular flexibility index (Phi) is 4.13. The number of rotatable bonds is 4. The van der Waals surface area contributed by atoms with Crippen molar-refractivity contribution in [3.63, 3.8) is 0 Å². The highest BCUT2D eigenvalue weighted by Gasteiger charge is 2.11. The second kappa shape index (κ2) is 5.40. The Bertz CT molecular complexity index is 313. The molecule has 0 spiro atoms. The number of amides is 1. The number of benzene rings is 1. The van der Waals surface area contributed by atoms with Crippen LogP contribution in [-0.2, 0) is 9.59 Å². The molecule has 0 aliphatic carbocycles. The monoisotopic (exact) mass is 211 g/mol. The Morgan fingerprint density at radius 2 is 2.07 bits per heavy atom. The van der Waals surface area contributed by atoms with Crippen molar-refractivity contribution in [2.45, 2.75) is 6.04 Å². The summed E-state index contributed by atoms with van der Waals surface area (Å²) >= 11 is 5.31. The molecule has 1 aromatic rings. The highest BCUT2D eigenvalue weighted by molar-refractivity contribution is 6.27. The lowest BCUT2D eigenvalue weighted by molar-refractivity contribution is -0.122. The van der Waals surface area contributed by atoms with E-state index in [4.69, 9.17) is 11.6 Å². The second-order valence-electron chi connectivity index (χ2n) is 2.73. The van der Waals surface area contributed by atoms with Gasteiger partial charge in [-0.15, -0.1) is 11.6 Å². The van der Waals surface area contributed by atoms with E-state index in [1.165, 1.54) is 0 Å². The summed E-state index contributed by atoms with van der Waals surface area (Å²) in [7, 11) is 0. The number of carbonyl (C=O) groups is 2. The zero-order chi connectivity index (χ0) is 10.4.